The summed E-state index contributed by atoms with van der Waals surface area (Å²) in [6, 6.07) is 70.2. The Kier molecular flexibility index (Phi) is 5.46. The number of fused-ring (bicyclic) bond motifs is 17. The summed E-state index contributed by atoms with van der Waals surface area (Å²) in [5.74, 6) is 0. The Hall–Kier alpha value is -7.76. The van der Waals surface area contributed by atoms with E-state index in [0.29, 0.717) is 0 Å². The largest absolute Gasteiger partial charge is 0.310 e. The fourth-order valence-electron chi connectivity index (χ4n) is 11.5. The van der Waals surface area contributed by atoms with Gasteiger partial charge in [-0.25, -0.2) is 0 Å². The molecule has 0 amide bonds. The molecule has 2 aliphatic rings. The highest BCUT2D eigenvalue weighted by atomic mass is 15.1. The maximum atomic E-state index is 2.62. The van der Waals surface area contributed by atoms with E-state index in [1.54, 1.807) is 0 Å². The average molecular weight is 747 g/mol. The molecule has 4 nitrogen and oxygen atoms in total. The van der Waals surface area contributed by atoms with Crippen LogP contribution in [0.4, 0.5) is 0 Å². The molecule has 0 saturated carbocycles. The summed E-state index contributed by atoms with van der Waals surface area (Å²) >= 11 is 0. The zero-order valence-electron chi connectivity index (χ0n) is 31.8. The van der Waals surface area contributed by atoms with Crippen LogP contribution in [0.5, 0.6) is 0 Å². The van der Waals surface area contributed by atoms with Crippen LogP contribution in [-0.2, 0) is 0 Å². The molecule has 2 aliphatic heterocycles. The maximum absolute atomic E-state index is 2.62. The van der Waals surface area contributed by atoms with E-state index >= 15 is 0 Å². The van der Waals surface area contributed by atoms with Crippen LogP contribution in [0.1, 0.15) is 0 Å². The second-order valence-corrected chi connectivity index (χ2v) is 16.4. The van der Waals surface area contributed by atoms with Crippen LogP contribution in [0, 0.1) is 0 Å². The third-order valence-electron chi connectivity index (χ3n) is 13.7. The zero-order chi connectivity index (χ0) is 38.1. The van der Waals surface area contributed by atoms with Crippen molar-refractivity contribution in [2.75, 3.05) is 0 Å². The van der Waals surface area contributed by atoms with Crippen LogP contribution in [0.3, 0.4) is 0 Å². The molecule has 0 saturated heterocycles. The Bertz CT molecular complexity index is 4010. The Morgan fingerprint density at radius 2 is 0.729 bits per heavy atom. The van der Waals surface area contributed by atoms with Gasteiger partial charge in [0, 0.05) is 76.9 Å². The molecule has 0 fully saturated rings. The first kappa shape index (κ1) is 30.4. The van der Waals surface area contributed by atoms with Crippen LogP contribution in [-0.4, -0.2) is 25.0 Å². The van der Waals surface area contributed by atoms with Crippen molar-refractivity contribution < 1.29 is 0 Å². The van der Waals surface area contributed by atoms with Gasteiger partial charge in [0.15, 0.2) is 0 Å². The van der Waals surface area contributed by atoms with Gasteiger partial charge in [0.1, 0.15) is 0 Å². The normalized spacial score (nSPS) is 13.1. The summed E-state index contributed by atoms with van der Waals surface area (Å²) in [6.07, 6.45) is 0. The molecule has 6 heterocycles. The molecule has 9 aromatic carbocycles. The van der Waals surface area contributed by atoms with Gasteiger partial charge in [-0.3, -0.25) is 0 Å². The van der Waals surface area contributed by atoms with Gasteiger partial charge in [-0.1, -0.05) is 127 Å². The van der Waals surface area contributed by atoms with Crippen molar-refractivity contribution in [3.8, 4) is 22.7 Å². The fourth-order valence-corrected chi connectivity index (χ4v) is 11.5. The van der Waals surface area contributed by atoms with Crippen molar-refractivity contribution in [2.45, 2.75) is 0 Å². The van der Waals surface area contributed by atoms with Gasteiger partial charge in [-0.15, -0.1) is 0 Å². The molecular weight excluding hydrogens is 715 g/mol. The first-order chi connectivity index (χ1) is 29.3. The second kappa shape index (κ2) is 10.6. The quantitative estimate of drug-likeness (QED) is 0.157. The molecule has 0 aliphatic carbocycles. The monoisotopic (exact) mass is 746 g/mol. The van der Waals surface area contributed by atoms with E-state index < -0.39 is 0 Å². The lowest BCUT2D eigenvalue weighted by Gasteiger charge is -2.33. The van der Waals surface area contributed by atoms with Gasteiger partial charge in [-0.2, -0.15) is 0 Å². The lowest BCUT2D eigenvalue weighted by atomic mass is 9.34. The van der Waals surface area contributed by atoms with E-state index in [1.807, 2.05) is 0 Å². The zero-order valence-corrected chi connectivity index (χ0v) is 31.8. The molecule has 270 valence electrons. The average Bonchev–Trinajstić information content (AvgIpc) is 4.02. The summed E-state index contributed by atoms with van der Waals surface area (Å²) in [5.41, 5.74) is 19.0. The lowest BCUT2D eigenvalue weighted by Crippen LogP contribution is -2.59. The summed E-state index contributed by atoms with van der Waals surface area (Å²) in [5, 5.41) is 10.3. The van der Waals surface area contributed by atoms with Crippen molar-refractivity contribution in [3.63, 3.8) is 0 Å². The molecule has 0 radical (unpaired) electrons. The molecule has 5 heteroatoms. The van der Waals surface area contributed by atoms with Crippen molar-refractivity contribution in [1.29, 1.82) is 0 Å². The maximum Gasteiger partial charge on any atom is 0.252 e. The van der Waals surface area contributed by atoms with E-state index in [0.717, 1.165) is 0 Å². The highest BCUT2D eigenvalue weighted by Gasteiger charge is 2.41. The SMILES string of the molecule is c1ccc(-n2c3ccccc3c3cc4c5cccc6c5n(c4cc32)-c2cccc3c2B6c2cccc4c5ccc6c7ccccc7n(-c7ccccc7)c6c5n-3c24)cc1. The molecule has 0 unspecified atom stereocenters. The minimum Gasteiger partial charge on any atom is -0.310 e. The van der Waals surface area contributed by atoms with Crippen molar-refractivity contribution >= 4 is 110 Å². The van der Waals surface area contributed by atoms with E-state index in [2.05, 4.69) is 206 Å². The summed E-state index contributed by atoms with van der Waals surface area (Å²) in [7, 11) is 0. The first-order valence-corrected chi connectivity index (χ1v) is 20.6. The highest BCUT2D eigenvalue weighted by molar-refractivity contribution is 7.00. The van der Waals surface area contributed by atoms with Crippen LogP contribution in [0.2, 0.25) is 0 Å². The fraction of sp³-hybridized carbons (Fsp3) is 0. The summed E-state index contributed by atoms with van der Waals surface area (Å²) < 4.78 is 10.2. The van der Waals surface area contributed by atoms with E-state index in [1.165, 1.54) is 126 Å². The van der Waals surface area contributed by atoms with Gasteiger partial charge in [0.25, 0.3) is 6.71 Å². The van der Waals surface area contributed by atoms with Crippen LogP contribution in [0.15, 0.2) is 188 Å². The number of benzene rings is 9. The Balaban J connectivity index is 1.11. The number of aromatic nitrogens is 4. The lowest BCUT2D eigenvalue weighted by molar-refractivity contribution is 1.13. The molecule has 0 atom stereocenters. The van der Waals surface area contributed by atoms with Gasteiger partial charge in [-0.05, 0) is 77.1 Å². The molecule has 15 rings (SSSR count). The van der Waals surface area contributed by atoms with Crippen molar-refractivity contribution in [2.24, 2.45) is 0 Å². The Morgan fingerprint density at radius 3 is 1.44 bits per heavy atom. The predicted octanol–water partition coefficient (Wildman–Crippen LogP) is 11.2. The van der Waals surface area contributed by atoms with Crippen LogP contribution in [0.25, 0.3) is 110 Å². The number of hydrogen-bond donors (Lipinski definition) is 0. The van der Waals surface area contributed by atoms with Crippen LogP contribution < -0.4 is 16.4 Å². The Labute approximate surface area is 338 Å². The van der Waals surface area contributed by atoms with Crippen molar-refractivity contribution in [1.82, 2.24) is 18.3 Å². The molecule has 13 aromatic rings. The third-order valence-corrected chi connectivity index (χ3v) is 13.7. The minimum atomic E-state index is 0.0890. The van der Waals surface area contributed by atoms with Gasteiger partial charge in [0.05, 0.1) is 33.1 Å². The topological polar surface area (TPSA) is 19.7 Å². The molecule has 0 bridgehead atoms. The molecule has 4 aromatic heterocycles. The minimum absolute atomic E-state index is 0.0890. The Morgan fingerprint density at radius 1 is 0.271 bits per heavy atom. The standard InChI is InChI=1S/C54H31BN4/c1-3-14-32(15-4-1)56-44-24-9-8-19-35(44)40-30-41-37-21-12-22-42-51(37)58(49(41)31-48(40)56)46-26-13-27-47-50(46)55(42)43-23-11-20-36-39-29-28-38-34-18-7-10-25-45(34)57(33-16-5-2-6-17-33)53(38)54(39)59(47)52(36)43/h1-31H. The van der Waals surface area contributed by atoms with E-state index in [9.17, 15) is 0 Å². The van der Waals surface area contributed by atoms with Crippen molar-refractivity contribution in [3.05, 3.63) is 188 Å². The van der Waals surface area contributed by atoms with Gasteiger partial charge < -0.3 is 18.3 Å². The number of para-hydroxylation sites is 6. The third kappa shape index (κ3) is 3.56. The second-order valence-electron chi connectivity index (χ2n) is 16.4. The van der Waals surface area contributed by atoms with E-state index in [4.69, 9.17) is 0 Å². The molecule has 59 heavy (non-hydrogen) atoms. The van der Waals surface area contributed by atoms with E-state index in [-0.39, 0.29) is 6.71 Å². The number of rotatable bonds is 2. The summed E-state index contributed by atoms with van der Waals surface area (Å²) in [4.78, 5) is 0. The highest BCUT2D eigenvalue weighted by Crippen LogP contribution is 2.45. The van der Waals surface area contributed by atoms with Gasteiger partial charge in [0.2, 0.25) is 0 Å². The first-order valence-electron chi connectivity index (χ1n) is 20.6. The molecule has 0 spiro atoms. The molecule has 0 N–H and O–H groups in total. The molecular formula is C54H31BN4. The van der Waals surface area contributed by atoms with Gasteiger partial charge >= 0.3 is 0 Å². The van der Waals surface area contributed by atoms with Crippen LogP contribution >= 0.6 is 0 Å². The number of hydrogen-bond acceptors (Lipinski definition) is 0. The predicted molar refractivity (Wildman–Crippen MR) is 248 cm³/mol. The smallest absolute Gasteiger partial charge is 0.252 e. The summed E-state index contributed by atoms with van der Waals surface area (Å²) in [6.45, 7) is 0.0890. The number of nitrogens with zero attached hydrogens (tertiary/aromatic N) is 4.